The van der Waals surface area contributed by atoms with Crippen LogP contribution in [0.5, 0.6) is 0 Å². The van der Waals surface area contributed by atoms with E-state index in [1.54, 1.807) is 0 Å². The number of nitrogens with one attached hydrogen (secondary N) is 1. The molecule has 0 aromatic heterocycles. The van der Waals surface area contributed by atoms with E-state index in [0.29, 0.717) is 0 Å². The normalized spacial score (nSPS) is 14.9. The number of halogens is 1. The molecule has 74 valence electrons. The molecule has 1 aliphatic carbocycles. The fraction of sp³-hybridized carbons (Fsp3) is 0.333. The summed E-state index contributed by atoms with van der Waals surface area (Å²) in [7, 11) is 1.97. The molecular formula is C12H14ClN. The summed E-state index contributed by atoms with van der Waals surface area (Å²) in [6.45, 7) is 0.924. The Hall–Kier alpha value is -0.790. The zero-order valence-corrected chi connectivity index (χ0v) is 9.06. The lowest BCUT2D eigenvalue weighted by Gasteiger charge is -2.17. The molecule has 0 amide bonds. The minimum absolute atomic E-state index is 0.827. The number of aryl methyl sites for hydroxylation is 1. The molecule has 1 nitrogen and oxygen atoms in total. The predicted molar refractivity (Wildman–Crippen MR) is 61.7 cm³/mol. The zero-order valence-electron chi connectivity index (χ0n) is 8.31. The Morgan fingerprint density at radius 1 is 1.43 bits per heavy atom. The molecule has 0 heterocycles. The van der Waals surface area contributed by atoms with Crippen molar-refractivity contribution in [3.63, 3.8) is 0 Å². The van der Waals surface area contributed by atoms with E-state index in [1.165, 1.54) is 16.7 Å². The Morgan fingerprint density at radius 3 is 3.07 bits per heavy atom. The van der Waals surface area contributed by atoms with Crippen LogP contribution >= 0.6 is 11.6 Å². The van der Waals surface area contributed by atoms with E-state index in [2.05, 4.69) is 23.5 Å². The van der Waals surface area contributed by atoms with Gasteiger partial charge < -0.3 is 5.32 Å². The largest absolute Gasteiger partial charge is 0.316 e. The van der Waals surface area contributed by atoms with Crippen LogP contribution in [0.3, 0.4) is 0 Å². The molecule has 1 aromatic carbocycles. The fourth-order valence-electron chi connectivity index (χ4n) is 1.94. The van der Waals surface area contributed by atoms with Gasteiger partial charge in [-0.3, -0.25) is 0 Å². The Balaban J connectivity index is 2.40. The van der Waals surface area contributed by atoms with E-state index in [9.17, 15) is 0 Å². The zero-order chi connectivity index (χ0) is 9.97. The average molecular weight is 208 g/mol. The van der Waals surface area contributed by atoms with Crippen LogP contribution in [0.1, 0.15) is 17.5 Å². The summed E-state index contributed by atoms with van der Waals surface area (Å²) < 4.78 is 0. The summed E-state index contributed by atoms with van der Waals surface area (Å²) >= 11 is 5.99. The van der Waals surface area contributed by atoms with E-state index < -0.39 is 0 Å². The van der Waals surface area contributed by atoms with Gasteiger partial charge in [0.2, 0.25) is 0 Å². The third-order valence-corrected chi connectivity index (χ3v) is 2.82. The minimum atomic E-state index is 0.827. The van der Waals surface area contributed by atoms with Crippen LogP contribution in [-0.2, 0) is 6.42 Å². The van der Waals surface area contributed by atoms with E-state index in [1.807, 2.05) is 13.1 Å². The van der Waals surface area contributed by atoms with Crippen LogP contribution in [0.2, 0.25) is 5.02 Å². The standard InChI is InChI=1S/C12H14ClN/c1-14-8-10-4-2-3-9-5-6-11(13)7-12(9)10/h4-7,14H,2-3,8H2,1H3. The third kappa shape index (κ3) is 1.84. The van der Waals surface area contributed by atoms with Gasteiger partial charge in [0.05, 0.1) is 0 Å². The first-order chi connectivity index (χ1) is 6.81. The van der Waals surface area contributed by atoms with Crippen molar-refractivity contribution in [1.29, 1.82) is 0 Å². The maximum absolute atomic E-state index is 5.99. The lowest BCUT2D eigenvalue weighted by atomic mass is 9.91. The second-order valence-electron chi connectivity index (χ2n) is 3.60. The Labute approximate surface area is 89.8 Å². The van der Waals surface area contributed by atoms with Gasteiger partial charge in [-0.2, -0.15) is 0 Å². The van der Waals surface area contributed by atoms with Crippen LogP contribution in [0.15, 0.2) is 24.3 Å². The smallest absolute Gasteiger partial charge is 0.0412 e. The van der Waals surface area contributed by atoms with E-state index >= 15 is 0 Å². The molecule has 0 unspecified atom stereocenters. The second kappa shape index (κ2) is 4.16. The summed E-state index contributed by atoms with van der Waals surface area (Å²) in [5.74, 6) is 0. The quantitative estimate of drug-likeness (QED) is 0.787. The molecule has 2 rings (SSSR count). The molecule has 14 heavy (non-hydrogen) atoms. The van der Waals surface area contributed by atoms with Crippen molar-refractivity contribution in [1.82, 2.24) is 5.32 Å². The number of allylic oxidation sites excluding steroid dienone is 1. The summed E-state index contributed by atoms with van der Waals surface area (Å²) in [5, 5.41) is 4.01. The first kappa shape index (κ1) is 9.75. The van der Waals surface area contributed by atoms with Crippen LogP contribution in [0.4, 0.5) is 0 Å². The van der Waals surface area contributed by atoms with Crippen LogP contribution < -0.4 is 5.32 Å². The Morgan fingerprint density at radius 2 is 2.29 bits per heavy atom. The van der Waals surface area contributed by atoms with Crippen molar-refractivity contribution in [2.45, 2.75) is 12.8 Å². The number of likely N-dealkylation sites (N-methyl/N-ethyl adjacent to an activating group) is 1. The van der Waals surface area contributed by atoms with Crippen molar-refractivity contribution in [3.05, 3.63) is 40.4 Å². The van der Waals surface area contributed by atoms with Gasteiger partial charge in [0.15, 0.2) is 0 Å². The summed E-state index contributed by atoms with van der Waals surface area (Å²) in [4.78, 5) is 0. The highest BCUT2D eigenvalue weighted by Gasteiger charge is 2.11. The van der Waals surface area contributed by atoms with Crippen LogP contribution in [0.25, 0.3) is 5.57 Å². The van der Waals surface area contributed by atoms with Crippen LogP contribution in [0, 0.1) is 0 Å². The van der Waals surface area contributed by atoms with E-state index in [4.69, 9.17) is 11.6 Å². The highest BCUT2D eigenvalue weighted by atomic mass is 35.5. The van der Waals surface area contributed by atoms with E-state index in [-0.39, 0.29) is 0 Å². The first-order valence-corrected chi connectivity index (χ1v) is 5.31. The molecule has 0 bridgehead atoms. The number of rotatable bonds is 2. The molecule has 0 atom stereocenters. The molecule has 0 saturated carbocycles. The van der Waals surface area contributed by atoms with E-state index in [0.717, 1.165) is 24.4 Å². The average Bonchev–Trinajstić information content (AvgIpc) is 2.19. The molecule has 0 aliphatic heterocycles. The van der Waals surface area contributed by atoms with Gasteiger partial charge in [-0.25, -0.2) is 0 Å². The second-order valence-corrected chi connectivity index (χ2v) is 4.04. The van der Waals surface area contributed by atoms with Crippen molar-refractivity contribution in [2.75, 3.05) is 13.6 Å². The fourth-order valence-corrected chi connectivity index (χ4v) is 2.11. The van der Waals surface area contributed by atoms with Gasteiger partial charge in [0, 0.05) is 11.6 Å². The van der Waals surface area contributed by atoms with Gasteiger partial charge in [0.1, 0.15) is 0 Å². The number of fused-ring (bicyclic) bond motifs is 1. The monoisotopic (exact) mass is 207 g/mol. The topological polar surface area (TPSA) is 12.0 Å². The first-order valence-electron chi connectivity index (χ1n) is 4.93. The van der Waals surface area contributed by atoms with Crippen LogP contribution in [-0.4, -0.2) is 13.6 Å². The third-order valence-electron chi connectivity index (χ3n) is 2.59. The van der Waals surface area contributed by atoms with Crippen molar-refractivity contribution < 1.29 is 0 Å². The van der Waals surface area contributed by atoms with Gasteiger partial charge >= 0.3 is 0 Å². The molecular weight excluding hydrogens is 194 g/mol. The highest BCUT2D eigenvalue weighted by Crippen LogP contribution is 2.28. The Kier molecular flexibility index (Phi) is 2.90. The van der Waals surface area contributed by atoms with Gasteiger partial charge in [-0.1, -0.05) is 23.7 Å². The molecule has 2 heteroatoms. The summed E-state index contributed by atoms with van der Waals surface area (Å²) in [6.07, 6.45) is 4.58. The number of hydrogen-bond acceptors (Lipinski definition) is 1. The SMILES string of the molecule is CNCC1=CCCc2ccc(Cl)cc21. The number of benzene rings is 1. The Bertz CT molecular complexity index is 369. The maximum Gasteiger partial charge on any atom is 0.0412 e. The summed E-state index contributed by atoms with van der Waals surface area (Å²) in [5.41, 5.74) is 4.11. The van der Waals surface area contributed by atoms with Crippen molar-refractivity contribution in [2.24, 2.45) is 0 Å². The van der Waals surface area contributed by atoms with Crippen molar-refractivity contribution in [3.8, 4) is 0 Å². The molecule has 1 aliphatic rings. The van der Waals surface area contributed by atoms with Gasteiger partial charge in [-0.05, 0) is 48.7 Å². The molecule has 0 spiro atoms. The lowest BCUT2D eigenvalue weighted by molar-refractivity contribution is 0.901. The lowest BCUT2D eigenvalue weighted by Crippen LogP contribution is -2.13. The molecule has 0 saturated heterocycles. The highest BCUT2D eigenvalue weighted by molar-refractivity contribution is 6.30. The van der Waals surface area contributed by atoms with Gasteiger partial charge in [0.25, 0.3) is 0 Å². The summed E-state index contributed by atoms with van der Waals surface area (Å²) in [6, 6.07) is 6.18. The van der Waals surface area contributed by atoms with Crippen molar-refractivity contribution >= 4 is 17.2 Å². The molecule has 0 fully saturated rings. The minimum Gasteiger partial charge on any atom is -0.316 e. The predicted octanol–water partition coefficient (Wildman–Crippen LogP) is 2.89. The maximum atomic E-state index is 5.99. The molecule has 1 N–H and O–H groups in total. The van der Waals surface area contributed by atoms with Gasteiger partial charge in [-0.15, -0.1) is 0 Å². The molecule has 0 radical (unpaired) electrons. The number of hydrogen-bond donors (Lipinski definition) is 1. The molecule has 1 aromatic rings.